The molecule has 3 aromatic carbocycles. The Kier molecular flexibility index (Phi) is 9.59. The summed E-state index contributed by atoms with van der Waals surface area (Å²) >= 11 is 0. The number of nitrogens with one attached hydrogen (secondary N) is 2. The molecule has 36 heavy (non-hydrogen) atoms. The maximum Gasteiger partial charge on any atom is 0.323 e. The van der Waals surface area contributed by atoms with Crippen molar-refractivity contribution in [2.45, 2.75) is 19.8 Å². The van der Waals surface area contributed by atoms with E-state index in [1.165, 1.54) is 7.11 Å². The Labute approximate surface area is 210 Å². The zero-order valence-electron chi connectivity index (χ0n) is 20.3. The van der Waals surface area contributed by atoms with E-state index >= 15 is 0 Å². The molecular formula is C28H30N2O6. The van der Waals surface area contributed by atoms with Crippen LogP contribution in [0.5, 0.6) is 5.75 Å². The Morgan fingerprint density at radius 3 is 2.14 bits per heavy atom. The molecule has 3 rings (SSSR count). The number of amides is 2. The van der Waals surface area contributed by atoms with Crippen LogP contribution in [-0.2, 0) is 9.53 Å². The number of urea groups is 1. The summed E-state index contributed by atoms with van der Waals surface area (Å²) in [4.78, 5) is 36.4. The first-order chi connectivity index (χ1) is 17.4. The number of rotatable bonds is 12. The normalized spacial score (nSPS) is 11.4. The second kappa shape index (κ2) is 13.1. The van der Waals surface area contributed by atoms with Gasteiger partial charge in [0.1, 0.15) is 5.75 Å². The molecule has 0 spiro atoms. The standard InChI is InChI=1S/C28H30N2O6/c1-3-36-26-7-5-4-6-24(26)30-28(34)29-23-14-12-20(13-15-23)19-8-10-21(11-9-19)25(31)18-22(27(32)33)16-17-35-2/h4-15,22H,3,16-18H2,1-2H3,(H,32,33)(H2,29,30,34). The number of ketones is 1. The number of anilines is 2. The minimum atomic E-state index is -1.00. The molecule has 0 fully saturated rings. The fraction of sp³-hybridized carbons (Fsp3) is 0.250. The minimum absolute atomic E-state index is 0.0739. The Hall–Kier alpha value is -4.17. The maximum atomic E-state index is 12.5. The number of carbonyl (C=O) groups is 3. The predicted molar refractivity (Wildman–Crippen MR) is 139 cm³/mol. The molecular weight excluding hydrogens is 460 g/mol. The van der Waals surface area contributed by atoms with Gasteiger partial charge >= 0.3 is 12.0 Å². The van der Waals surface area contributed by atoms with Crippen LogP contribution in [-0.4, -0.2) is 43.2 Å². The zero-order chi connectivity index (χ0) is 25.9. The van der Waals surface area contributed by atoms with Crippen LogP contribution in [0, 0.1) is 5.92 Å². The van der Waals surface area contributed by atoms with Crippen molar-refractivity contribution in [3.05, 3.63) is 78.4 Å². The summed E-state index contributed by atoms with van der Waals surface area (Å²) in [6.45, 7) is 2.66. The minimum Gasteiger partial charge on any atom is -0.492 e. The number of carboxylic acids is 1. The quantitative estimate of drug-likeness (QED) is 0.280. The lowest BCUT2D eigenvalue weighted by Crippen LogP contribution is -2.19. The van der Waals surface area contributed by atoms with Crippen molar-refractivity contribution in [3.8, 4) is 16.9 Å². The fourth-order valence-corrected chi connectivity index (χ4v) is 3.65. The summed E-state index contributed by atoms with van der Waals surface area (Å²) in [6, 6.07) is 21.2. The molecule has 8 heteroatoms. The Bertz CT molecular complexity index is 1180. The van der Waals surface area contributed by atoms with Gasteiger partial charge in [0, 0.05) is 31.4 Å². The maximum absolute atomic E-state index is 12.5. The molecule has 2 amide bonds. The number of hydrogen-bond acceptors (Lipinski definition) is 5. The number of carbonyl (C=O) groups excluding carboxylic acids is 2. The largest absolute Gasteiger partial charge is 0.492 e. The highest BCUT2D eigenvalue weighted by Gasteiger charge is 2.21. The van der Waals surface area contributed by atoms with Crippen molar-refractivity contribution in [2.75, 3.05) is 31.0 Å². The molecule has 0 saturated carbocycles. The molecule has 0 saturated heterocycles. The van der Waals surface area contributed by atoms with Gasteiger partial charge in [-0.2, -0.15) is 0 Å². The van der Waals surface area contributed by atoms with E-state index in [4.69, 9.17) is 9.47 Å². The topological polar surface area (TPSA) is 114 Å². The van der Waals surface area contributed by atoms with E-state index in [-0.39, 0.29) is 31.3 Å². The van der Waals surface area contributed by atoms with Crippen LogP contribution in [0.1, 0.15) is 30.1 Å². The first-order valence-electron chi connectivity index (χ1n) is 11.7. The summed E-state index contributed by atoms with van der Waals surface area (Å²) < 4.78 is 10.5. The summed E-state index contributed by atoms with van der Waals surface area (Å²) in [5.41, 5.74) is 3.46. The Balaban J connectivity index is 1.60. The Morgan fingerprint density at radius 2 is 1.53 bits per heavy atom. The molecule has 0 aromatic heterocycles. The predicted octanol–water partition coefficient (Wildman–Crippen LogP) is 5.71. The van der Waals surface area contributed by atoms with E-state index in [2.05, 4.69) is 10.6 Å². The number of methoxy groups -OCH3 is 1. The molecule has 1 atom stereocenters. The molecule has 0 aliphatic carbocycles. The highest BCUT2D eigenvalue weighted by molar-refractivity contribution is 6.01. The Morgan fingerprint density at radius 1 is 0.889 bits per heavy atom. The zero-order valence-corrected chi connectivity index (χ0v) is 20.3. The van der Waals surface area contributed by atoms with E-state index in [1.54, 1.807) is 36.4 Å². The van der Waals surface area contributed by atoms with Gasteiger partial charge in [0.25, 0.3) is 0 Å². The highest BCUT2D eigenvalue weighted by atomic mass is 16.5. The van der Waals surface area contributed by atoms with E-state index in [1.807, 2.05) is 43.3 Å². The van der Waals surface area contributed by atoms with Crippen molar-refractivity contribution in [1.29, 1.82) is 0 Å². The van der Waals surface area contributed by atoms with Gasteiger partial charge in [0.05, 0.1) is 18.2 Å². The molecule has 0 aliphatic rings. The van der Waals surface area contributed by atoms with Crippen molar-refractivity contribution >= 4 is 29.2 Å². The second-order valence-electron chi connectivity index (χ2n) is 8.11. The monoisotopic (exact) mass is 490 g/mol. The smallest absolute Gasteiger partial charge is 0.323 e. The van der Waals surface area contributed by atoms with Crippen molar-refractivity contribution in [2.24, 2.45) is 5.92 Å². The summed E-state index contributed by atoms with van der Waals surface area (Å²) in [5.74, 6) is -1.40. The number of para-hydroxylation sites is 2. The van der Waals surface area contributed by atoms with Gasteiger partial charge in [-0.15, -0.1) is 0 Å². The van der Waals surface area contributed by atoms with E-state index in [0.29, 0.717) is 29.3 Å². The summed E-state index contributed by atoms with van der Waals surface area (Å²) in [5, 5.41) is 14.9. The van der Waals surface area contributed by atoms with E-state index in [0.717, 1.165) is 11.1 Å². The highest BCUT2D eigenvalue weighted by Crippen LogP contribution is 2.25. The molecule has 0 bridgehead atoms. The van der Waals surface area contributed by atoms with Crippen LogP contribution in [0.25, 0.3) is 11.1 Å². The fourth-order valence-electron chi connectivity index (χ4n) is 3.65. The number of ether oxygens (including phenoxy) is 2. The first-order valence-corrected chi connectivity index (χ1v) is 11.7. The van der Waals surface area contributed by atoms with Crippen LogP contribution in [0.4, 0.5) is 16.2 Å². The van der Waals surface area contributed by atoms with Gasteiger partial charge in [-0.05, 0) is 48.7 Å². The molecule has 0 radical (unpaired) electrons. The second-order valence-corrected chi connectivity index (χ2v) is 8.11. The number of benzene rings is 3. The molecule has 3 aromatic rings. The van der Waals surface area contributed by atoms with Gasteiger partial charge < -0.3 is 25.2 Å². The van der Waals surface area contributed by atoms with Crippen LogP contribution in [0.2, 0.25) is 0 Å². The first kappa shape index (κ1) is 26.4. The summed E-state index contributed by atoms with van der Waals surface area (Å²) in [6.07, 6.45) is 0.211. The molecule has 0 heterocycles. The van der Waals surface area contributed by atoms with Crippen molar-refractivity contribution in [3.63, 3.8) is 0 Å². The number of Topliss-reactive ketones (excluding diaryl/α,β-unsaturated/α-hetero) is 1. The molecule has 3 N–H and O–H groups in total. The lowest BCUT2D eigenvalue weighted by atomic mass is 9.94. The average Bonchev–Trinajstić information content (AvgIpc) is 2.88. The molecule has 0 aliphatic heterocycles. The van der Waals surface area contributed by atoms with Crippen molar-refractivity contribution < 1.29 is 29.0 Å². The van der Waals surface area contributed by atoms with Crippen molar-refractivity contribution in [1.82, 2.24) is 0 Å². The van der Waals surface area contributed by atoms with E-state index < -0.39 is 11.9 Å². The van der Waals surface area contributed by atoms with Gasteiger partial charge in [-0.3, -0.25) is 9.59 Å². The van der Waals surface area contributed by atoms with Crippen LogP contribution >= 0.6 is 0 Å². The van der Waals surface area contributed by atoms with Gasteiger partial charge in [0.2, 0.25) is 0 Å². The van der Waals surface area contributed by atoms with E-state index in [9.17, 15) is 19.5 Å². The number of carboxylic acid groups (broad SMARTS) is 1. The van der Waals surface area contributed by atoms with Gasteiger partial charge in [-0.1, -0.05) is 48.5 Å². The molecule has 188 valence electrons. The molecule has 8 nitrogen and oxygen atoms in total. The third-order valence-electron chi connectivity index (χ3n) is 5.57. The summed E-state index contributed by atoms with van der Waals surface area (Å²) in [7, 11) is 1.50. The molecule has 1 unspecified atom stereocenters. The average molecular weight is 491 g/mol. The van der Waals surface area contributed by atoms with Crippen LogP contribution < -0.4 is 15.4 Å². The van der Waals surface area contributed by atoms with Crippen LogP contribution in [0.15, 0.2) is 72.8 Å². The number of hydrogen-bond donors (Lipinski definition) is 3. The third-order valence-corrected chi connectivity index (χ3v) is 5.57. The van der Waals surface area contributed by atoms with Crippen LogP contribution in [0.3, 0.4) is 0 Å². The van der Waals surface area contributed by atoms with Gasteiger partial charge in [0.15, 0.2) is 5.78 Å². The number of aliphatic carboxylic acids is 1. The van der Waals surface area contributed by atoms with Gasteiger partial charge in [-0.25, -0.2) is 4.79 Å². The third kappa shape index (κ3) is 7.41. The lowest BCUT2D eigenvalue weighted by molar-refractivity contribution is -0.142. The SMILES string of the molecule is CCOc1ccccc1NC(=O)Nc1ccc(-c2ccc(C(=O)CC(CCOC)C(=O)O)cc2)cc1. The lowest BCUT2D eigenvalue weighted by Gasteiger charge is -2.12.